The van der Waals surface area contributed by atoms with Crippen LogP contribution in [0.1, 0.15) is 101 Å². The molecule has 0 spiro atoms. The number of esters is 2. The molecule has 0 aliphatic carbocycles. The molecule has 2 aliphatic rings. The van der Waals surface area contributed by atoms with Crippen LogP contribution >= 0.6 is 0 Å². The minimum Gasteiger partial charge on any atom is -0.493 e. The van der Waals surface area contributed by atoms with E-state index >= 15 is 0 Å². The lowest BCUT2D eigenvalue weighted by Crippen LogP contribution is -2.49. The van der Waals surface area contributed by atoms with E-state index in [1.807, 2.05) is 102 Å². The monoisotopic (exact) mass is 1030 g/mol. The van der Waals surface area contributed by atoms with Crippen LogP contribution < -0.4 is 48.5 Å². The van der Waals surface area contributed by atoms with Gasteiger partial charge < -0.3 is 68.2 Å². The summed E-state index contributed by atoms with van der Waals surface area (Å²) in [5.41, 5.74) is 4.66. The van der Waals surface area contributed by atoms with Crippen LogP contribution in [0.15, 0.2) is 60.7 Å². The van der Waals surface area contributed by atoms with Gasteiger partial charge in [-0.15, -0.1) is 0 Å². The van der Waals surface area contributed by atoms with Crippen molar-refractivity contribution in [3.8, 4) is 46.0 Å². The molecule has 2 aliphatic heterocycles. The fraction of sp³-hybridized carbons (Fsp3) is 0.500. The van der Waals surface area contributed by atoms with Crippen LogP contribution in [-0.4, -0.2) is 115 Å². The molecule has 6 rings (SSSR count). The van der Waals surface area contributed by atoms with Crippen molar-refractivity contribution in [2.24, 2.45) is 0 Å². The second-order valence-corrected chi connectivity index (χ2v) is 19.8. The molecule has 4 aromatic rings. The molecule has 18 nitrogen and oxygen atoms in total. The number of carboxylic acid groups (broad SMARTS) is 2. The van der Waals surface area contributed by atoms with Crippen molar-refractivity contribution < 1.29 is 76.8 Å². The Kier molecular flexibility index (Phi) is 21.2. The van der Waals surface area contributed by atoms with Crippen LogP contribution in [0.2, 0.25) is 0 Å². The molecule has 2 atom stereocenters. The van der Waals surface area contributed by atoms with Gasteiger partial charge in [-0.25, -0.2) is 9.59 Å². The number of aliphatic carboxylic acids is 2. The molecular formula is C56H76N2O16. The molecule has 2 heterocycles. The molecule has 406 valence electrons. The maximum Gasteiger partial charge on any atom is 0.414 e. The first-order chi connectivity index (χ1) is 34.9. The standard InChI is InChI=1S/2C27H37NO6.C2H2O4/c2*1-26(2,3)34-25(29)10-12-27(17-18-8-9-21(30-4)22(14-18)31-5)20-16-24(33-7)23(32-6)15-19(20)11-13-28-27;3-1(4)2(5)6/h2*8-9,14-16,28H,10-13,17H2,1-7H3;(H,3,4)(H,5,6)/t2*27-;/m11./s1. The molecule has 0 aromatic heterocycles. The van der Waals surface area contributed by atoms with Crippen LogP contribution in [-0.2, 0) is 65.4 Å². The zero-order chi connectivity index (χ0) is 55.0. The molecule has 0 unspecified atom stereocenters. The van der Waals surface area contributed by atoms with E-state index in [1.54, 1.807) is 56.9 Å². The first kappa shape index (κ1) is 59.6. The minimum absolute atomic E-state index is 0.214. The first-order valence-electron chi connectivity index (χ1n) is 24.3. The van der Waals surface area contributed by atoms with E-state index in [0.29, 0.717) is 71.7 Å². The van der Waals surface area contributed by atoms with Crippen LogP contribution in [0.25, 0.3) is 0 Å². The SMILES string of the molecule is COc1ccc(C[C@@]2(CCC(=O)OC(C)(C)C)NCCc3cc(OC)c(OC)cc32)cc1OC.COc1ccc(C[C@@]2(CCC(=O)OC(C)(C)C)NCCc3cc(OC)c(OC)cc32)cc1OC.O=C(O)C(=O)O. The van der Waals surface area contributed by atoms with Crippen molar-refractivity contribution in [2.75, 3.05) is 70.0 Å². The molecule has 4 aromatic carbocycles. The average Bonchev–Trinajstić information content (AvgIpc) is 3.36. The number of hydrogen-bond donors (Lipinski definition) is 4. The lowest BCUT2D eigenvalue weighted by atomic mass is 9.75. The van der Waals surface area contributed by atoms with Gasteiger partial charge in [-0.1, -0.05) is 12.1 Å². The number of methoxy groups -OCH3 is 8. The smallest absolute Gasteiger partial charge is 0.414 e. The van der Waals surface area contributed by atoms with Gasteiger partial charge in [0.25, 0.3) is 0 Å². The van der Waals surface area contributed by atoms with Crippen molar-refractivity contribution in [3.63, 3.8) is 0 Å². The normalized spacial score (nSPS) is 16.7. The summed E-state index contributed by atoms with van der Waals surface area (Å²) in [7, 11) is 13.1. The number of nitrogens with one attached hydrogen (secondary N) is 2. The summed E-state index contributed by atoms with van der Waals surface area (Å²) in [6.45, 7) is 12.9. The maximum atomic E-state index is 12.7. The van der Waals surface area contributed by atoms with E-state index in [0.717, 1.165) is 48.2 Å². The highest BCUT2D eigenvalue weighted by Gasteiger charge is 2.40. The van der Waals surface area contributed by atoms with Gasteiger partial charge in [0, 0.05) is 37.0 Å². The lowest BCUT2D eigenvalue weighted by molar-refractivity contribution is -0.159. The Morgan fingerprint density at radius 1 is 0.459 bits per heavy atom. The zero-order valence-corrected chi connectivity index (χ0v) is 45.5. The second kappa shape index (κ2) is 26.3. The Bertz CT molecular complexity index is 2390. The van der Waals surface area contributed by atoms with Gasteiger partial charge in [-0.05, 0) is 162 Å². The van der Waals surface area contributed by atoms with Crippen molar-refractivity contribution in [1.29, 1.82) is 0 Å². The van der Waals surface area contributed by atoms with Gasteiger partial charge in [0.2, 0.25) is 0 Å². The first-order valence-corrected chi connectivity index (χ1v) is 24.3. The van der Waals surface area contributed by atoms with Crippen molar-refractivity contribution in [3.05, 3.63) is 94.0 Å². The predicted octanol–water partition coefficient (Wildman–Crippen LogP) is 8.01. The molecule has 0 bridgehead atoms. The third kappa shape index (κ3) is 16.0. The summed E-state index contributed by atoms with van der Waals surface area (Å²) < 4.78 is 55.5. The van der Waals surface area contributed by atoms with Gasteiger partial charge in [0.1, 0.15) is 11.2 Å². The number of ether oxygens (including phenoxy) is 10. The van der Waals surface area contributed by atoms with Gasteiger partial charge in [-0.3, -0.25) is 9.59 Å². The number of fused-ring (bicyclic) bond motifs is 2. The Morgan fingerprint density at radius 2 is 0.757 bits per heavy atom. The van der Waals surface area contributed by atoms with Crippen LogP contribution in [0.3, 0.4) is 0 Å². The summed E-state index contributed by atoms with van der Waals surface area (Å²) >= 11 is 0. The Hall–Kier alpha value is -6.92. The quantitative estimate of drug-likeness (QED) is 0.0547. The van der Waals surface area contributed by atoms with Crippen molar-refractivity contribution >= 4 is 23.9 Å². The molecule has 0 fully saturated rings. The van der Waals surface area contributed by atoms with Gasteiger partial charge in [0.15, 0.2) is 46.0 Å². The molecule has 74 heavy (non-hydrogen) atoms. The molecule has 0 saturated carbocycles. The summed E-state index contributed by atoms with van der Waals surface area (Å²) in [4.78, 5) is 43.6. The summed E-state index contributed by atoms with van der Waals surface area (Å²) in [6, 6.07) is 20.0. The van der Waals surface area contributed by atoms with Gasteiger partial charge in [-0.2, -0.15) is 0 Å². The average molecular weight is 1030 g/mol. The number of carbonyl (C=O) groups is 4. The fourth-order valence-electron chi connectivity index (χ4n) is 9.24. The van der Waals surface area contributed by atoms with E-state index in [-0.39, 0.29) is 24.8 Å². The number of rotatable bonds is 18. The molecule has 0 radical (unpaired) electrons. The number of carboxylic acids is 2. The van der Waals surface area contributed by atoms with Gasteiger partial charge >= 0.3 is 23.9 Å². The summed E-state index contributed by atoms with van der Waals surface area (Å²) in [6.07, 6.45) is 4.72. The molecular weight excluding hydrogens is 957 g/mol. The van der Waals surface area contributed by atoms with Crippen molar-refractivity contribution in [1.82, 2.24) is 10.6 Å². The third-order valence-corrected chi connectivity index (χ3v) is 12.4. The summed E-state index contributed by atoms with van der Waals surface area (Å²) in [5, 5.41) is 22.3. The van der Waals surface area contributed by atoms with E-state index in [1.165, 1.54) is 11.1 Å². The van der Waals surface area contributed by atoms with Crippen LogP contribution in [0.4, 0.5) is 0 Å². The van der Waals surface area contributed by atoms with Crippen LogP contribution in [0.5, 0.6) is 46.0 Å². The van der Waals surface area contributed by atoms with Gasteiger partial charge in [0.05, 0.1) is 56.9 Å². The Balaban J connectivity index is 0.000000289. The third-order valence-electron chi connectivity index (χ3n) is 12.4. The largest absolute Gasteiger partial charge is 0.493 e. The topological polar surface area (TPSA) is 225 Å². The summed E-state index contributed by atoms with van der Waals surface area (Å²) in [5.74, 6) is 1.36. The Labute approximate surface area is 435 Å². The van der Waals surface area contributed by atoms with E-state index in [2.05, 4.69) is 10.6 Å². The molecule has 0 amide bonds. The molecule has 18 heteroatoms. The number of benzene rings is 4. The Morgan fingerprint density at radius 3 is 1.04 bits per heavy atom. The number of hydrogen-bond acceptors (Lipinski definition) is 16. The predicted molar refractivity (Wildman–Crippen MR) is 278 cm³/mol. The van der Waals surface area contributed by atoms with E-state index in [9.17, 15) is 9.59 Å². The van der Waals surface area contributed by atoms with Crippen LogP contribution in [0, 0.1) is 0 Å². The maximum absolute atomic E-state index is 12.7. The molecule has 0 saturated heterocycles. The lowest BCUT2D eigenvalue weighted by Gasteiger charge is -2.41. The highest BCUT2D eigenvalue weighted by molar-refractivity contribution is 6.27. The zero-order valence-electron chi connectivity index (χ0n) is 45.5. The number of carbonyl (C=O) groups excluding carboxylic acids is 2. The molecule has 4 N–H and O–H groups in total. The fourth-order valence-corrected chi connectivity index (χ4v) is 9.24. The second-order valence-electron chi connectivity index (χ2n) is 19.8. The minimum atomic E-state index is -1.82. The van der Waals surface area contributed by atoms with E-state index in [4.69, 9.17) is 67.2 Å². The van der Waals surface area contributed by atoms with Crippen molar-refractivity contribution in [2.45, 2.75) is 115 Å². The highest BCUT2D eigenvalue weighted by Crippen LogP contribution is 2.44. The highest BCUT2D eigenvalue weighted by atomic mass is 16.6. The van der Waals surface area contributed by atoms with E-state index < -0.39 is 34.2 Å².